The van der Waals surface area contributed by atoms with E-state index in [1.54, 1.807) is 0 Å². The molecule has 1 aromatic heterocycles. The maximum Gasteiger partial charge on any atom is 0.345 e. The van der Waals surface area contributed by atoms with Gasteiger partial charge in [0.2, 0.25) is 0 Å². The van der Waals surface area contributed by atoms with E-state index in [9.17, 15) is 23.7 Å². The van der Waals surface area contributed by atoms with Crippen LogP contribution >= 0.6 is 0 Å². The highest BCUT2D eigenvalue weighted by Gasteiger charge is 2.28. The second kappa shape index (κ2) is 4.04. The highest BCUT2D eigenvalue weighted by molar-refractivity contribution is 5.98. The first-order valence-electron chi connectivity index (χ1n) is 3.80. The number of carboxylic acids is 1. The van der Waals surface area contributed by atoms with Gasteiger partial charge in [0.05, 0.1) is 10.6 Å². The molecule has 86 valence electrons. The number of carboxylic acid groups (broad SMARTS) is 1. The molecule has 0 fully saturated rings. The summed E-state index contributed by atoms with van der Waals surface area (Å²) in [6.45, 7) is 0. The van der Waals surface area contributed by atoms with Crippen LogP contribution in [-0.4, -0.2) is 21.0 Å². The van der Waals surface area contributed by atoms with Gasteiger partial charge in [-0.15, -0.1) is 0 Å². The number of hydrogen-bond donors (Lipinski definition) is 2. The third-order valence-corrected chi connectivity index (χ3v) is 1.74. The van der Waals surface area contributed by atoms with Gasteiger partial charge in [0.25, 0.3) is 6.43 Å². The summed E-state index contributed by atoms with van der Waals surface area (Å²) in [5.74, 6) is -1.76. The molecule has 0 spiro atoms. The van der Waals surface area contributed by atoms with Crippen LogP contribution in [0.3, 0.4) is 0 Å². The number of aromatic carboxylic acids is 1. The largest absolute Gasteiger partial charge is 0.477 e. The van der Waals surface area contributed by atoms with E-state index in [2.05, 4.69) is 4.98 Å². The lowest BCUT2D eigenvalue weighted by Crippen LogP contribution is -2.11. The lowest BCUT2D eigenvalue weighted by Gasteiger charge is -2.06. The van der Waals surface area contributed by atoms with Crippen LogP contribution in [0.1, 0.15) is 22.5 Å². The molecule has 0 saturated carbocycles. The summed E-state index contributed by atoms with van der Waals surface area (Å²) in [5.41, 5.74) is 1.32. The number of aromatic nitrogens is 1. The summed E-state index contributed by atoms with van der Waals surface area (Å²) < 4.78 is 24.6. The van der Waals surface area contributed by atoms with Crippen LogP contribution in [0.25, 0.3) is 0 Å². The molecule has 9 heteroatoms. The summed E-state index contributed by atoms with van der Waals surface area (Å²) in [4.78, 5) is 23.1. The first-order chi connectivity index (χ1) is 7.36. The number of nitrogen functional groups attached to an aromatic ring is 1. The Kier molecular flexibility index (Phi) is 2.97. The van der Waals surface area contributed by atoms with Crippen molar-refractivity contribution in [2.75, 3.05) is 5.73 Å². The van der Waals surface area contributed by atoms with Crippen molar-refractivity contribution in [3.05, 3.63) is 27.6 Å². The van der Waals surface area contributed by atoms with Crippen molar-refractivity contribution < 1.29 is 23.6 Å². The van der Waals surface area contributed by atoms with Gasteiger partial charge < -0.3 is 10.8 Å². The fraction of sp³-hybridized carbons (Fsp3) is 0.143. The number of halogens is 2. The van der Waals surface area contributed by atoms with Crippen LogP contribution in [0, 0.1) is 10.1 Å². The monoisotopic (exact) mass is 233 g/mol. The molecule has 16 heavy (non-hydrogen) atoms. The van der Waals surface area contributed by atoms with Crippen molar-refractivity contribution >= 4 is 17.3 Å². The topological polar surface area (TPSA) is 119 Å². The molecule has 3 N–H and O–H groups in total. The Morgan fingerprint density at radius 1 is 1.62 bits per heavy atom. The third-order valence-electron chi connectivity index (χ3n) is 1.74. The third kappa shape index (κ3) is 1.87. The average molecular weight is 233 g/mol. The van der Waals surface area contributed by atoms with E-state index in [1.165, 1.54) is 0 Å². The minimum atomic E-state index is -3.10. The van der Waals surface area contributed by atoms with Crippen LogP contribution in [0.2, 0.25) is 0 Å². The van der Waals surface area contributed by atoms with Crippen LogP contribution in [-0.2, 0) is 0 Å². The van der Waals surface area contributed by atoms with E-state index in [-0.39, 0.29) is 0 Å². The van der Waals surface area contributed by atoms with E-state index < -0.39 is 40.0 Å². The second-order valence-electron chi connectivity index (χ2n) is 2.68. The quantitative estimate of drug-likeness (QED) is 0.598. The zero-order chi connectivity index (χ0) is 12.5. The van der Waals surface area contributed by atoms with Crippen molar-refractivity contribution in [2.24, 2.45) is 0 Å². The number of anilines is 1. The number of hydrogen-bond acceptors (Lipinski definition) is 5. The molecule has 7 nitrogen and oxygen atoms in total. The molecule has 0 aliphatic heterocycles. The summed E-state index contributed by atoms with van der Waals surface area (Å²) >= 11 is 0. The molecular weight excluding hydrogens is 228 g/mol. The predicted octanol–water partition coefficient (Wildman–Crippen LogP) is 1.21. The van der Waals surface area contributed by atoms with Gasteiger partial charge in [0.15, 0.2) is 5.56 Å². The minimum absolute atomic E-state index is 0.446. The van der Waals surface area contributed by atoms with Gasteiger partial charge in [-0.3, -0.25) is 10.1 Å². The van der Waals surface area contributed by atoms with Gasteiger partial charge in [0.1, 0.15) is 11.9 Å². The minimum Gasteiger partial charge on any atom is -0.477 e. The zero-order valence-electron chi connectivity index (χ0n) is 7.55. The maximum absolute atomic E-state index is 12.3. The number of rotatable bonds is 3. The molecule has 1 heterocycles. The molecular formula is C7H5F2N3O4. The molecule has 0 aliphatic rings. The molecule has 1 aromatic rings. The standard InChI is InChI=1S/C7H5F2N3O4/c8-6(9)5-4(10)3(7(13)14)2(1-11-5)12(15)16/h1,6H,10H2,(H,13,14). The Bertz CT molecular complexity index is 463. The lowest BCUT2D eigenvalue weighted by molar-refractivity contribution is -0.385. The van der Waals surface area contributed by atoms with E-state index in [0.717, 1.165) is 0 Å². The first-order valence-corrected chi connectivity index (χ1v) is 3.80. The molecule has 0 atom stereocenters. The normalized spacial score (nSPS) is 10.4. The van der Waals surface area contributed by atoms with Gasteiger partial charge in [-0.2, -0.15) is 0 Å². The highest BCUT2D eigenvalue weighted by atomic mass is 19.3. The van der Waals surface area contributed by atoms with E-state index in [1.807, 2.05) is 0 Å². The molecule has 0 bridgehead atoms. The van der Waals surface area contributed by atoms with Crippen molar-refractivity contribution in [1.29, 1.82) is 0 Å². The Morgan fingerprint density at radius 3 is 2.56 bits per heavy atom. The number of nitrogens with zero attached hydrogens (tertiary/aromatic N) is 2. The molecule has 0 aliphatic carbocycles. The van der Waals surface area contributed by atoms with Crippen molar-refractivity contribution in [2.45, 2.75) is 6.43 Å². The van der Waals surface area contributed by atoms with Crippen molar-refractivity contribution in [1.82, 2.24) is 4.98 Å². The zero-order valence-corrected chi connectivity index (χ0v) is 7.55. The van der Waals surface area contributed by atoms with Crippen LogP contribution in [0.5, 0.6) is 0 Å². The Labute approximate surface area is 86.7 Å². The maximum atomic E-state index is 12.3. The summed E-state index contributed by atoms with van der Waals surface area (Å²) in [5, 5.41) is 19.1. The Morgan fingerprint density at radius 2 is 2.19 bits per heavy atom. The predicted molar refractivity (Wildman–Crippen MR) is 47.2 cm³/mol. The average Bonchev–Trinajstić information content (AvgIpc) is 2.15. The Balaban J connectivity index is 3.54. The van der Waals surface area contributed by atoms with Gasteiger partial charge in [-0.05, 0) is 0 Å². The van der Waals surface area contributed by atoms with E-state index in [0.29, 0.717) is 6.20 Å². The highest BCUT2D eigenvalue weighted by Crippen LogP contribution is 2.31. The Hall–Kier alpha value is -2.32. The molecule has 1 rings (SSSR count). The smallest absolute Gasteiger partial charge is 0.345 e. The van der Waals surface area contributed by atoms with E-state index in [4.69, 9.17) is 10.8 Å². The second-order valence-corrected chi connectivity index (χ2v) is 2.68. The SMILES string of the molecule is Nc1c(C(F)F)ncc([N+](=O)[O-])c1C(=O)O. The van der Waals surface area contributed by atoms with Crippen LogP contribution in [0.4, 0.5) is 20.2 Å². The van der Waals surface area contributed by atoms with Gasteiger partial charge in [0, 0.05) is 0 Å². The molecule has 0 radical (unpaired) electrons. The summed E-state index contributed by atoms with van der Waals surface area (Å²) in [7, 11) is 0. The number of carbonyl (C=O) groups is 1. The van der Waals surface area contributed by atoms with Gasteiger partial charge in [-0.25, -0.2) is 18.6 Å². The number of pyridine rings is 1. The summed E-state index contributed by atoms with van der Waals surface area (Å²) in [6, 6.07) is 0. The lowest BCUT2D eigenvalue weighted by atomic mass is 10.1. The number of nitro groups is 1. The van der Waals surface area contributed by atoms with Crippen LogP contribution in [0.15, 0.2) is 6.20 Å². The van der Waals surface area contributed by atoms with Crippen molar-refractivity contribution in [3.8, 4) is 0 Å². The molecule has 0 aromatic carbocycles. The number of nitrogens with two attached hydrogens (primary N) is 1. The summed E-state index contributed by atoms with van der Waals surface area (Å²) in [6.07, 6.45) is -2.65. The molecule has 0 unspecified atom stereocenters. The molecule has 0 amide bonds. The van der Waals surface area contributed by atoms with Crippen LogP contribution < -0.4 is 5.73 Å². The number of alkyl halides is 2. The first kappa shape index (κ1) is 11.8. The fourth-order valence-corrected chi connectivity index (χ4v) is 1.07. The van der Waals surface area contributed by atoms with E-state index >= 15 is 0 Å². The van der Waals surface area contributed by atoms with Gasteiger partial charge >= 0.3 is 11.7 Å². The van der Waals surface area contributed by atoms with Crippen molar-refractivity contribution in [3.63, 3.8) is 0 Å². The fourth-order valence-electron chi connectivity index (χ4n) is 1.07. The van der Waals surface area contributed by atoms with Gasteiger partial charge in [-0.1, -0.05) is 0 Å². The molecule has 0 saturated heterocycles.